The molecule has 0 atom stereocenters. The number of imidazole rings is 1. The number of para-hydroxylation sites is 3. The molecule has 4 aromatic rings. The van der Waals surface area contributed by atoms with E-state index in [1.165, 1.54) is 29.2 Å². The number of halogens is 1. The van der Waals surface area contributed by atoms with E-state index in [9.17, 15) is 13.2 Å². The van der Waals surface area contributed by atoms with Gasteiger partial charge in [-0.05, 0) is 48.0 Å². The number of anilines is 1. The summed E-state index contributed by atoms with van der Waals surface area (Å²) in [6.07, 6.45) is 4.48. The third-order valence-electron chi connectivity index (χ3n) is 4.42. The molecule has 1 amide bonds. The van der Waals surface area contributed by atoms with Gasteiger partial charge in [-0.2, -0.15) is 0 Å². The van der Waals surface area contributed by atoms with Crippen LogP contribution in [0.3, 0.4) is 0 Å². The second kappa shape index (κ2) is 8.63. The predicted molar refractivity (Wildman–Crippen MR) is 122 cm³/mol. The number of benzene rings is 3. The number of aromatic nitrogens is 2. The Morgan fingerprint density at radius 3 is 2.45 bits per heavy atom. The van der Waals surface area contributed by atoms with Crippen molar-refractivity contribution in [2.24, 2.45) is 0 Å². The first kappa shape index (κ1) is 20.6. The van der Waals surface area contributed by atoms with Crippen molar-refractivity contribution in [3.8, 4) is 0 Å². The van der Waals surface area contributed by atoms with E-state index >= 15 is 0 Å². The molecule has 0 aliphatic carbocycles. The predicted octanol–water partition coefficient (Wildman–Crippen LogP) is 4.27. The van der Waals surface area contributed by atoms with Crippen molar-refractivity contribution < 1.29 is 13.2 Å². The SMILES string of the molecule is O=C(/C=C/c1ccc(S(=O)(=O)Nc2ccccc2Cl)cc1)Nn1cnc2ccccc21. The van der Waals surface area contributed by atoms with E-state index in [4.69, 9.17) is 11.6 Å². The van der Waals surface area contributed by atoms with Gasteiger partial charge in [0, 0.05) is 6.08 Å². The Hall–Kier alpha value is -3.62. The summed E-state index contributed by atoms with van der Waals surface area (Å²) in [5.74, 6) is -0.347. The van der Waals surface area contributed by atoms with Crippen LogP contribution < -0.4 is 10.1 Å². The maximum absolute atomic E-state index is 12.6. The smallest absolute Gasteiger partial charge is 0.262 e. The Balaban J connectivity index is 1.43. The van der Waals surface area contributed by atoms with Crippen molar-refractivity contribution >= 4 is 50.3 Å². The Bertz CT molecular complexity index is 1380. The standard InChI is InChI=1S/C22H17ClN4O3S/c23-18-5-1-2-6-19(18)26-31(29,30)17-12-9-16(10-13-17)11-14-22(28)25-27-15-24-20-7-3-4-8-21(20)27/h1-15,26H,(H,25,28)/b14-11+. The van der Waals surface area contributed by atoms with Gasteiger partial charge in [0.05, 0.1) is 26.6 Å². The maximum atomic E-state index is 12.6. The molecule has 1 aromatic heterocycles. The highest BCUT2D eigenvalue weighted by molar-refractivity contribution is 7.92. The number of nitrogens with one attached hydrogen (secondary N) is 2. The van der Waals surface area contributed by atoms with Gasteiger partial charge in [-0.1, -0.05) is 48.0 Å². The van der Waals surface area contributed by atoms with E-state index in [-0.39, 0.29) is 10.8 Å². The lowest BCUT2D eigenvalue weighted by Crippen LogP contribution is -2.19. The first-order valence-electron chi connectivity index (χ1n) is 9.21. The number of sulfonamides is 1. The highest BCUT2D eigenvalue weighted by atomic mass is 35.5. The summed E-state index contributed by atoms with van der Waals surface area (Å²) in [6, 6.07) is 20.2. The number of carbonyl (C=O) groups is 1. The fourth-order valence-corrected chi connectivity index (χ4v) is 4.20. The summed E-state index contributed by atoms with van der Waals surface area (Å²) in [5, 5.41) is 0.308. The van der Waals surface area contributed by atoms with Crippen LogP contribution in [0.15, 0.2) is 90.1 Å². The quantitative estimate of drug-likeness (QED) is 0.427. The van der Waals surface area contributed by atoms with Crippen LogP contribution >= 0.6 is 11.6 Å². The summed E-state index contributed by atoms with van der Waals surface area (Å²) >= 11 is 6.02. The van der Waals surface area contributed by atoms with E-state index in [0.29, 0.717) is 16.3 Å². The molecular formula is C22H17ClN4O3S. The number of carbonyl (C=O) groups excluding carboxylic acids is 1. The van der Waals surface area contributed by atoms with Gasteiger partial charge < -0.3 is 0 Å². The lowest BCUT2D eigenvalue weighted by atomic mass is 10.2. The Morgan fingerprint density at radius 2 is 1.68 bits per heavy atom. The zero-order valence-corrected chi connectivity index (χ0v) is 17.6. The van der Waals surface area contributed by atoms with Crippen molar-refractivity contribution in [1.82, 2.24) is 9.66 Å². The van der Waals surface area contributed by atoms with E-state index in [2.05, 4.69) is 15.1 Å². The lowest BCUT2D eigenvalue weighted by molar-refractivity contribution is -0.112. The van der Waals surface area contributed by atoms with Crippen LogP contribution in [-0.4, -0.2) is 24.0 Å². The van der Waals surface area contributed by atoms with Gasteiger partial charge in [0.25, 0.3) is 15.9 Å². The molecule has 156 valence electrons. The Kier molecular flexibility index (Phi) is 5.75. The molecule has 0 fully saturated rings. The van der Waals surface area contributed by atoms with Crippen LogP contribution in [0.5, 0.6) is 0 Å². The average molecular weight is 453 g/mol. The van der Waals surface area contributed by atoms with Crippen molar-refractivity contribution in [2.45, 2.75) is 4.90 Å². The molecule has 31 heavy (non-hydrogen) atoms. The maximum Gasteiger partial charge on any atom is 0.262 e. The lowest BCUT2D eigenvalue weighted by Gasteiger charge is -2.09. The van der Waals surface area contributed by atoms with Crippen LogP contribution in [0, 0.1) is 0 Å². The van der Waals surface area contributed by atoms with Gasteiger partial charge in [0.15, 0.2) is 0 Å². The summed E-state index contributed by atoms with van der Waals surface area (Å²) in [4.78, 5) is 16.5. The van der Waals surface area contributed by atoms with Gasteiger partial charge in [-0.25, -0.2) is 18.1 Å². The third-order valence-corrected chi connectivity index (χ3v) is 6.13. The number of nitrogens with zero attached hydrogens (tertiary/aromatic N) is 2. The van der Waals surface area contributed by atoms with Gasteiger partial charge in [-0.3, -0.25) is 14.9 Å². The fourth-order valence-electron chi connectivity index (χ4n) is 2.88. The first-order chi connectivity index (χ1) is 14.9. The summed E-state index contributed by atoms with van der Waals surface area (Å²) in [6.45, 7) is 0. The van der Waals surface area contributed by atoms with E-state index < -0.39 is 10.0 Å². The molecule has 0 unspecified atom stereocenters. The largest absolute Gasteiger partial charge is 0.278 e. The number of hydrogen-bond acceptors (Lipinski definition) is 4. The number of amides is 1. The highest BCUT2D eigenvalue weighted by Crippen LogP contribution is 2.24. The number of rotatable bonds is 6. The molecule has 0 radical (unpaired) electrons. The number of fused-ring (bicyclic) bond motifs is 1. The summed E-state index contributed by atoms with van der Waals surface area (Å²) in [7, 11) is -3.79. The molecule has 0 aliphatic heterocycles. The normalized spacial score (nSPS) is 11.6. The molecule has 1 heterocycles. The molecule has 0 aliphatic rings. The molecule has 0 bridgehead atoms. The van der Waals surface area contributed by atoms with Gasteiger partial charge >= 0.3 is 0 Å². The van der Waals surface area contributed by atoms with Crippen molar-refractivity contribution in [3.05, 3.63) is 95.8 Å². The molecule has 0 spiro atoms. The minimum Gasteiger partial charge on any atom is -0.278 e. The third kappa shape index (κ3) is 4.76. The fraction of sp³-hybridized carbons (Fsp3) is 0. The highest BCUT2D eigenvalue weighted by Gasteiger charge is 2.15. The van der Waals surface area contributed by atoms with Crippen LogP contribution in [0.2, 0.25) is 5.02 Å². The molecule has 3 aromatic carbocycles. The molecule has 2 N–H and O–H groups in total. The molecule has 7 nitrogen and oxygen atoms in total. The summed E-state index contributed by atoms with van der Waals surface area (Å²) in [5.41, 5.74) is 5.24. The minimum absolute atomic E-state index is 0.0823. The van der Waals surface area contributed by atoms with Gasteiger partial charge in [-0.15, -0.1) is 0 Å². The topological polar surface area (TPSA) is 93.1 Å². The van der Waals surface area contributed by atoms with Crippen molar-refractivity contribution in [2.75, 3.05) is 10.1 Å². The van der Waals surface area contributed by atoms with Crippen LogP contribution in [0.1, 0.15) is 5.56 Å². The van der Waals surface area contributed by atoms with E-state index in [1.807, 2.05) is 24.3 Å². The first-order valence-corrected chi connectivity index (χ1v) is 11.1. The monoisotopic (exact) mass is 452 g/mol. The molecule has 0 saturated carbocycles. The Morgan fingerprint density at radius 1 is 0.968 bits per heavy atom. The Labute approximate surface area is 184 Å². The van der Waals surface area contributed by atoms with Gasteiger partial charge in [0.1, 0.15) is 6.33 Å². The zero-order chi connectivity index (χ0) is 21.8. The van der Waals surface area contributed by atoms with Gasteiger partial charge in [0.2, 0.25) is 0 Å². The summed E-state index contributed by atoms with van der Waals surface area (Å²) < 4.78 is 29.1. The van der Waals surface area contributed by atoms with E-state index in [1.54, 1.807) is 42.5 Å². The van der Waals surface area contributed by atoms with Crippen LogP contribution in [0.25, 0.3) is 17.1 Å². The molecule has 0 saturated heterocycles. The van der Waals surface area contributed by atoms with Crippen molar-refractivity contribution in [3.63, 3.8) is 0 Å². The van der Waals surface area contributed by atoms with Crippen molar-refractivity contribution in [1.29, 1.82) is 0 Å². The second-order valence-electron chi connectivity index (χ2n) is 6.57. The van der Waals surface area contributed by atoms with Crippen LogP contribution in [-0.2, 0) is 14.8 Å². The molecule has 9 heteroatoms. The molecular weight excluding hydrogens is 436 g/mol. The average Bonchev–Trinajstić information content (AvgIpc) is 3.17. The van der Waals surface area contributed by atoms with E-state index in [0.717, 1.165) is 11.0 Å². The minimum atomic E-state index is -3.79. The molecule has 4 rings (SSSR count). The number of hydrogen-bond donors (Lipinski definition) is 2. The zero-order valence-electron chi connectivity index (χ0n) is 16.1. The second-order valence-corrected chi connectivity index (χ2v) is 8.66. The van der Waals surface area contributed by atoms with Crippen LogP contribution in [0.4, 0.5) is 5.69 Å².